The maximum atomic E-state index is 12.5. The van der Waals surface area contributed by atoms with E-state index >= 15 is 0 Å². The summed E-state index contributed by atoms with van der Waals surface area (Å²) in [6.07, 6.45) is 6.91. The Hall–Kier alpha value is -3.58. The van der Waals surface area contributed by atoms with Gasteiger partial charge in [0, 0.05) is 32.4 Å². The van der Waals surface area contributed by atoms with Gasteiger partial charge in [-0.05, 0) is 45.8 Å². The highest BCUT2D eigenvalue weighted by Gasteiger charge is 2.30. The third kappa shape index (κ3) is 5.74. The predicted octanol–water partition coefficient (Wildman–Crippen LogP) is 0.704. The first-order chi connectivity index (χ1) is 16.5. The molecule has 13 heteroatoms. The van der Waals surface area contributed by atoms with Crippen molar-refractivity contribution in [3.63, 3.8) is 0 Å². The summed E-state index contributed by atoms with van der Waals surface area (Å²) < 4.78 is 8.62. The molecular weight excluding hydrogens is 454 g/mol. The summed E-state index contributed by atoms with van der Waals surface area (Å²) in [7, 11) is 1.66. The van der Waals surface area contributed by atoms with E-state index in [0.717, 1.165) is 12.8 Å². The molecule has 190 valence electrons. The number of aromatic nitrogens is 4. The van der Waals surface area contributed by atoms with E-state index in [2.05, 4.69) is 26.1 Å². The van der Waals surface area contributed by atoms with Crippen molar-refractivity contribution < 1.29 is 19.4 Å². The number of carbonyl (C=O) groups is 2. The van der Waals surface area contributed by atoms with Gasteiger partial charge in [-0.25, -0.2) is 14.5 Å². The van der Waals surface area contributed by atoms with E-state index in [1.165, 1.54) is 10.9 Å². The lowest BCUT2D eigenvalue weighted by molar-refractivity contribution is 0.0185. The van der Waals surface area contributed by atoms with Crippen LogP contribution in [0.25, 0.3) is 6.08 Å². The highest BCUT2D eigenvalue weighted by atomic mass is 16.6. The minimum atomic E-state index is -1.18. The minimum absolute atomic E-state index is 0.0316. The van der Waals surface area contributed by atoms with E-state index in [0.29, 0.717) is 30.3 Å². The molecule has 0 radical (unpaired) electrons. The van der Waals surface area contributed by atoms with Crippen molar-refractivity contribution in [1.29, 1.82) is 0 Å². The van der Waals surface area contributed by atoms with Crippen LogP contribution in [0.15, 0.2) is 18.5 Å². The molecule has 0 saturated carbocycles. The third-order valence-corrected chi connectivity index (χ3v) is 5.65. The van der Waals surface area contributed by atoms with Crippen LogP contribution in [0.2, 0.25) is 0 Å². The molecule has 35 heavy (non-hydrogen) atoms. The topological polar surface area (TPSA) is 165 Å². The number of nitrogens with zero attached hydrogens (tertiary/aromatic N) is 5. The maximum Gasteiger partial charge on any atom is 0.410 e. The Labute approximate surface area is 203 Å². The largest absolute Gasteiger partial charge is 0.444 e. The summed E-state index contributed by atoms with van der Waals surface area (Å²) >= 11 is 0. The first-order valence-electron chi connectivity index (χ1n) is 11.5. The Bertz CT molecular complexity index is 1120. The van der Waals surface area contributed by atoms with E-state index in [1.807, 2.05) is 32.9 Å². The average Bonchev–Trinajstić information content (AvgIpc) is 3.35. The van der Waals surface area contributed by atoms with Crippen LogP contribution in [-0.2, 0) is 11.8 Å². The molecule has 1 saturated heterocycles. The van der Waals surface area contributed by atoms with Crippen molar-refractivity contribution in [3.8, 4) is 0 Å². The first kappa shape index (κ1) is 24.5. The van der Waals surface area contributed by atoms with Crippen molar-refractivity contribution in [2.24, 2.45) is 12.8 Å². The van der Waals surface area contributed by atoms with Crippen LogP contribution in [0.5, 0.6) is 0 Å². The van der Waals surface area contributed by atoms with Crippen LogP contribution >= 0.6 is 0 Å². The molecule has 2 aliphatic heterocycles. The van der Waals surface area contributed by atoms with E-state index < -0.39 is 17.7 Å². The molecule has 0 bridgehead atoms. The zero-order chi connectivity index (χ0) is 25.3. The van der Waals surface area contributed by atoms with Crippen LogP contribution in [-0.4, -0.2) is 72.3 Å². The molecule has 13 nitrogen and oxygen atoms in total. The molecule has 2 aliphatic rings. The van der Waals surface area contributed by atoms with Crippen LogP contribution in [0.1, 0.15) is 61.8 Å². The molecule has 1 fully saturated rings. The van der Waals surface area contributed by atoms with Gasteiger partial charge in [-0.3, -0.25) is 14.8 Å². The first-order valence-corrected chi connectivity index (χ1v) is 11.5. The standard InChI is InChI=1S/C22H33N9O4/c1-22(2,3)35-21(34)30-9-5-6-13(11-30)25-16-7-8-17-24-10-15(31(17)27-16)20(33)26-14-12-29(4)28-18(14)19(23)32/h7-8,10,12-13,16,20,25-27,33H,5-6,9,11H2,1-4H3,(H2,23,32)/t13-,16?,20?/m1/s1. The van der Waals surface area contributed by atoms with E-state index in [9.17, 15) is 14.7 Å². The fourth-order valence-electron chi connectivity index (χ4n) is 4.15. The molecule has 2 unspecified atom stereocenters. The van der Waals surface area contributed by atoms with Gasteiger partial charge in [0.2, 0.25) is 0 Å². The summed E-state index contributed by atoms with van der Waals surface area (Å²) in [6.45, 7) is 6.76. The van der Waals surface area contributed by atoms with E-state index in [1.54, 1.807) is 22.8 Å². The highest BCUT2D eigenvalue weighted by Crippen LogP contribution is 2.23. The second kappa shape index (κ2) is 9.58. The van der Waals surface area contributed by atoms with Gasteiger partial charge in [0.1, 0.15) is 17.5 Å². The number of ether oxygens (including phenoxy) is 1. The summed E-state index contributed by atoms with van der Waals surface area (Å²) in [5.74, 6) is -0.0897. The van der Waals surface area contributed by atoms with Crippen molar-refractivity contribution in [1.82, 2.24) is 29.7 Å². The Morgan fingerprint density at radius 1 is 1.37 bits per heavy atom. The lowest BCUT2D eigenvalue weighted by atomic mass is 10.1. The molecule has 4 heterocycles. The zero-order valence-corrected chi connectivity index (χ0v) is 20.4. The number of anilines is 1. The molecule has 2 aromatic heterocycles. The van der Waals surface area contributed by atoms with E-state index in [4.69, 9.17) is 10.5 Å². The zero-order valence-electron chi connectivity index (χ0n) is 20.4. The van der Waals surface area contributed by atoms with Crippen molar-refractivity contribution in [3.05, 3.63) is 35.7 Å². The number of piperidine rings is 1. The summed E-state index contributed by atoms with van der Waals surface area (Å²) in [4.78, 5) is 30.2. The predicted molar refractivity (Wildman–Crippen MR) is 129 cm³/mol. The Morgan fingerprint density at radius 3 is 2.86 bits per heavy atom. The number of hydrogen-bond acceptors (Lipinski definition) is 9. The van der Waals surface area contributed by atoms with Gasteiger partial charge in [0.15, 0.2) is 17.7 Å². The van der Waals surface area contributed by atoms with Crippen LogP contribution in [0.4, 0.5) is 10.5 Å². The van der Waals surface area contributed by atoms with Gasteiger partial charge in [0.25, 0.3) is 5.91 Å². The number of amides is 2. The number of likely N-dealkylation sites (tertiary alicyclic amines) is 1. The molecule has 3 atom stereocenters. The monoisotopic (exact) mass is 487 g/mol. The molecule has 0 aromatic carbocycles. The number of primary amides is 1. The third-order valence-electron chi connectivity index (χ3n) is 5.65. The Balaban J connectivity index is 1.40. The Kier molecular flexibility index (Phi) is 6.72. The quantitative estimate of drug-likeness (QED) is 0.369. The van der Waals surface area contributed by atoms with Crippen molar-refractivity contribution in [2.75, 3.05) is 23.8 Å². The molecule has 2 aromatic rings. The molecule has 6 N–H and O–H groups in total. The number of aliphatic hydroxyl groups is 1. The number of aliphatic hydroxyl groups excluding tert-OH is 1. The highest BCUT2D eigenvalue weighted by molar-refractivity contribution is 5.96. The van der Waals surface area contributed by atoms with Crippen LogP contribution in [0.3, 0.4) is 0 Å². The van der Waals surface area contributed by atoms with E-state index in [-0.39, 0.29) is 24.0 Å². The maximum absolute atomic E-state index is 12.5. The summed E-state index contributed by atoms with van der Waals surface area (Å²) in [5.41, 5.74) is 8.92. The lowest BCUT2D eigenvalue weighted by Gasteiger charge is -2.36. The number of nitrogens with two attached hydrogens (primary N) is 1. The van der Waals surface area contributed by atoms with Crippen LogP contribution in [0, 0.1) is 0 Å². The van der Waals surface area contributed by atoms with Gasteiger partial charge in [-0.15, -0.1) is 0 Å². The molecule has 0 aliphatic carbocycles. The normalized spacial score (nSPS) is 20.7. The second-order valence-corrected chi connectivity index (χ2v) is 9.75. The number of carbonyl (C=O) groups excluding carboxylic acids is 2. The second-order valence-electron chi connectivity index (χ2n) is 9.75. The average molecular weight is 488 g/mol. The number of rotatable bonds is 6. The fourth-order valence-corrected chi connectivity index (χ4v) is 4.15. The fraction of sp³-hybridized carbons (Fsp3) is 0.545. The smallest absolute Gasteiger partial charge is 0.410 e. The van der Waals surface area contributed by atoms with Gasteiger partial charge < -0.3 is 31.2 Å². The van der Waals surface area contributed by atoms with Crippen molar-refractivity contribution in [2.45, 2.75) is 57.6 Å². The summed E-state index contributed by atoms with van der Waals surface area (Å²) in [6, 6.07) is 0.0588. The molecule has 2 amide bonds. The number of aryl methyl sites for hydroxylation is 1. The minimum Gasteiger partial charge on any atom is -0.444 e. The van der Waals surface area contributed by atoms with Crippen LogP contribution < -0.4 is 21.8 Å². The van der Waals surface area contributed by atoms with Gasteiger partial charge in [0.05, 0.1) is 11.9 Å². The SMILES string of the molecule is Cn1cc(NC(O)c2cnc3n2NC(N[C@@H]2CCCN(C(=O)OC(C)(C)C)C2)C=C3)c(C(N)=O)n1. The Morgan fingerprint density at radius 2 is 2.14 bits per heavy atom. The summed E-state index contributed by atoms with van der Waals surface area (Å²) in [5, 5.41) is 21.2. The number of fused-ring (bicyclic) bond motifs is 1. The molecular formula is C22H33N9O4. The molecule has 4 rings (SSSR count). The van der Waals surface area contributed by atoms with Crippen molar-refractivity contribution >= 4 is 23.8 Å². The van der Waals surface area contributed by atoms with Gasteiger partial charge in [-0.2, -0.15) is 5.10 Å². The number of imidazole rings is 1. The van der Waals surface area contributed by atoms with Gasteiger partial charge in [-0.1, -0.05) is 0 Å². The molecule has 0 spiro atoms. The lowest BCUT2D eigenvalue weighted by Crippen LogP contribution is -2.54. The number of nitrogens with one attached hydrogen (secondary N) is 3. The number of hydrogen-bond donors (Lipinski definition) is 5. The van der Waals surface area contributed by atoms with Gasteiger partial charge >= 0.3 is 6.09 Å².